The number of hydrogen-bond donors (Lipinski definition) is 3. The Labute approximate surface area is 122 Å². The minimum atomic E-state index is -0.119. The average molecular weight is 302 g/mol. The zero-order chi connectivity index (χ0) is 14.3. The van der Waals surface area contributed by atoms with E-state index in [0.717, 1.165) is 5.69 Å². The lowest BCUT2D eigenvalue weighted by Crippen LogP contribution is -2.32. The molecule has 1 rings (SSSR count). The summed E-state index contributed by atoms with van der Waals surface area (Å²) in [6, 6.07) is 5.16. The Morgan fingerprint density at radius 2 is 2.26 bits per heavy atom. The van der Waals surface area contributed by atoms with Gasteiger partial charge in [0.15, 0.2) is 0 Å². The first-order valence-electron chi connectivity index (χ1n) is 5.63. The third-order valence-electron chi connectivity index (χ3n) is 2.32. The highest BCUT2D eigenvalue weighted by molar-refractivity contribution is 7.80. The van der Waals surface area contributed by atoms with Crippen molar-refractivity contribution in [3.63, 3.8) is 0 Å². The lowest BCUT2D eigenvalue weighted by atomic mass is 10.2. The summed E-state index contributed by atoms with van der Waals surface area (Å²) in [6.45, 7) is 1.13. The molecule has 0 fully saturated rings. The van der Waals surface area contributed by atoms with Gasteiger partial charge in [-0.3, -0.25) is 4.79 Å². The SMILES string of the molecule is COCCNC(=O)CNc1ccc(C(N)=S)c(Cl)c1. The highest BCUT2D eigenvalue weighted by Gasteiger charge is 2.05. The molecule has 19 heavy (non-hydrogen) atoms. The minimum Gasteiger partial charge on any atom is -0.389 e. The second-order valence-electron chi connectivity index (χ2n) is 3.76. The highest BCUT2D eigenvalue weighted by atomic mass is 35.5. The smallest absolute Gasteiger partial charge is 0.239 e. The van der Waals surface area contributed by atoms with Crippen molar-refractivity contribution in [3.8, 4) is 0 Å². The third-order valence-corrected chi connectivity index (χ3v) is 2.85. The summed E-state index contributed by atoms with van der Waals surface area (Å²) in [5, 5.41) is 6.11. The van der Waals surface area contributed by atoms with Gasteiger partial charge < -0.3 is 21.1 Å². The Balaban J connectivity index is 2.48. The second kappa shape index (κ2) is 7.93. The number of ether oxygens (including phenoxy) is 1. The van der Waals surface area contributed by atoms with Gasteiger partial charge in [0.05, 0.1) is 18.2 Å². The van der Waals surface area contributed by atoms with E-state index in [4.69, 9.17) is 34.3 Å². The maximum Gasteiger partial charge on any atom is 0.239 e. The van der Waals surface area contributed by atoms with Crippen LogP contribution < -0.4 is 16.4 Å². The van der Waals surface area contributed by atoms with E-state index in [1.54, 1.807) is 25.3 Å². The van der Waals surface area contributed by atoms with Gasteiger partial charge in [-0.1, -0.05) is 23.8 Å². The molecule has 0 aliphatic carbocycles. The van der Waals surface area contributed by atoms with Crippen molar-refractivity contribution in [2.75, 3.05) is 32.1 Å². The molecule has 1 amide bonds. The number of methoxy groups -OCH3 is 1. The first kappa shape index (κ1) is 15.7. The van der Waals surface area contributed by atoms with Gasteiger partial charge in [-0.25, -0.2) is 0 Å². The molecule has 0 aliphatic rings. The topological polar surface area (TPSA) is 76.4 Å². The molecule has 0 bridgehead atoms. The molecule has 5 nitrogen and oxygen atoms in total. The van der Waals surface area contributed by atoms with Crippen LogP contribution in [0.3, 0.4) is 0 Å². The number of carbonyl (C=O) groups is 1. The normalized spacial score (nSPS) is 10.0. The predicted molar refractivity (Wildman–Crippen MR) is 80.7 cm³/mol. The molecule has 7 heteroatoms. The lowest BCUT2D eigenvalue weighted by Gasteiger charge is -2.09. The molecule has 1 aromatic carbocycles. The number of hydrogen-bond acceptors (Lipinski definition) is 4. The molecule has 1 aromatic rings. The number of halogens is 1. The van der Waals surface area contributed by atoms with Crippen molar-refractivity contribution in [2.24, 2.45) is 5.73 Å². The van der Waals surface area contributed by atoms with Crippen LogP contribution in [-0.2, 0) is 9.53 Å². The number of nitrogens with two attached hydrogens (primary N) is 1. The predicted octanol–water partition coefficient (Wildman–Crippen LogP) is 1.15. The number of benzene rings is 1. The molecule has 0 saturated carbocycles. The summed E-state index contributed by atoms with van der Waals surface area (Å²) in [5.74, 6) is -0.119. The molecule has 0 radical (unpaired) electrons. The highest BCUT2D eigenvalue weighted by Crippen LogP contribution is 2.20. The van der Waals surface area contributed by atoms with Crippen LogP contribution in [0.25, 0.3) is 0 Å². The number of anilines is 1. The van der Waals surface area contributed by atoms with Gasteiger partial charge in [0.25, 0.3) is 0 Å². The molecule has 0 aromatic heterocycles. The molecule has 0 unspecified atom stereocenters. The number of thiocarbonyl (C=S) groups is 1. The van der Waals surface area contributed by atoms with Crippen LogP contribution in [0.15, 0.2) is 18.2 Å². The molecule has 0 spiro atoms. The van der Waals surface area contributed by atoms with E-state index in [-0.39, 0.29) is 17.4 Å². The van der Waals surface area contributed by atoms with E-state index >= 15 is 0 Å². The van der Waals surface area contributed by atoms with Crippen molar-refractivity contribution in [3.05, 3.63) is 28.8 Å². The molecular formula is C12H16ClN3O2S. The maximum atomic E-state index is 11.4. The first-order valence-corrected chi connectivity index (χ1v) is 6.42. The van der Waals surface area contributed by atoms with Crippen molar-refractivity contribution in [1.29, 1.82) is 0 Å². The fraction of sp³-hybridized carbons (Fsp3) is 0.333. The largest absolute Gasteiger partial charge is 0.389 e. The van der Waals surface area contributed by atoms with Gasteiger partial charge in [0, 0.05) is 24.9 Å². The molecule has 0 saturated heterocycles. The zero-order valence-electron chi connectivity index (χ0n) is 10.5. The van der Waals surface area contributed by atoms with Crippen LogP contribution in [0, 0.1) is 0 Å². The molecule has 0 heterocycles. The van der Waals surface area contributed by atoms with Gasteiger partial charge >= 0.3 is 0 Å². The molecule has 104 valence electrons. The lowest BCUT2D eigenvalue weighted by molar-refractivity contribution is -0.119. The maximum absolute atomic E-state index is 11.4. The first-order chi connectivity index (χ1) is 9.04. The van der Waals surface area contributed by atoms with E-state index in [1.165, 1.54) is 0 Å². The van der Waals surface area contributed by atoms with Crippen LogP contribution >= 0.6 is 23.8 Å². The van der Waals surface area contributed by atoms with Crippen LogP contribution in [0.5, 0.6) is 0 Å². The Morgan fingerprint density at radius 3 is 2.84 bits per heavy atom. The summed E-state index contributed by atoms with van der Waals surface area (Å²) in [6.07, 6.45) is 0. The minimum absolute atomic E-state index is 0.119. The number of carbonyl (C=O) groups excluding carboxylic acids is 1. The fourth-order valence-corrected chi connectivity index (χ4v) is 1.88. The Bertz CT molecular complexity index is 468. The van der Waals surface area contributed by atoms with Gasteiger partial charge in [-0.05, 0) is 18.2 Å². The fourth-order valence-electron chi connectivity index (χ4n) is 1.36. The van der Waals surface area contributed by atoms with E-state index < -0.39 is 0 Å². The summed E-state index contributed by atoms with van der Waals surface area (Å²) in [5.41, 5.74) is 6.85. The molecule has 0 atom stereocenters. The number of amides is 1. The summed E-state index contributed by atoms with van der Waals surface area (Å²) >= 11 is 10.9. The van der Waals surface area contributed by atoms with E-state index in [0.29, 0.717) is 23.7 Å². The van der Waals surface area contributed by atoms with Crippen LogP contribution in [0.2, 0.25) is 5.02 Å². The number of rotatable bonds is 7. The summed E-state index contributed by atoms with van der Waals surface area (Å²) < 4.78 is 4.83. The van der Waals surface area contributed by atoms with Gasteiger partial charge in [0.2, 0.25) is 5.91 Å². The zero-order valence-corrected chi connectivity index (χ0v) is 12.1. The number of nitrogens with one attached hydrogen (secondary N) is 2. The third kappa shape index (κ3) is 5.42. The van der Waals surface area contributed by atoms with Gasteiger partial charge in [-0.2, -0.15) is 0 Å². The van der Waals surface area contributed by atoms with E-state index in [9.17, 15) is 4.79 Å². The van der Waals surface area contributed by atoms with Crippen molar-refractivity contribution >= 4 is 40.4 Å². The summed E-state index contributed by atoms with van der Waals surface area (Å²) in [4.78, 5) is 11.7. The van der Waals surface area contributed by atoms with Gasteiger partial charge in [-0.15, -0.1) is 0 Å². The van der Waals surface area contributed by atoms with Crippen LogP contribution in [-0.4, -0.2) is 37.7 Å². The molecule has 4 N–H and O–H groups in total. The van der Waals surface area contributed by atoms with E-state index in [2.05, 4.69) is 10.6 Å². The molecule has 0 aliphatic heterocycles. The second-order valence-corrected chi connectivity index (χ2v) is 4.60. The quantitative estimate of drug-likeness (QED) is 0.520. The Morgan fingerprint density at radius 1 is 1.53 bits per heavy atom. The summed E-state index contributed by atoms with van der Waals surface area (Å²) in [7, 11) is 1.58. The van der Waals surface area contributed by atoms with Gasteiger partial charge in [0.1, 0.15) is 4.99 Å². The monoisotopic (exact) mass is 301 g/mol. The van der Waals surface area contributed by atoms with Crippen molar-refractivity contribution in [1.82, 2.24) is 5.32 Å². The average Bonchev–Trinajstić information content (AvgIpc) is 2.36. The van der Waals surface area contributed by atoms with Crippen LogP contribution in [0.1, 0.15) is 5.56 Å². The van der Waals surface area contributed by atoms with E-state index in [1.807, 2.05) is 0 Å². The van der Waals surface area contributed by atoms with Crippen LogP contribution in [0.4, 0.5) is 5.69 Å². The van der Waals surface area contributed by atoms with Crippen molar-refractivity contribution < 1.29 is 9.53 Å². The molecular weight excluding hydrogens is 286 g/mol. The Kier molecular flexibility index (Phi) is 6.55. The standard InChI is InChI=1S/C12H16ClN3O2S/c1-18-5-4-15-11(17)7-16-8-2-3-9(12(14)19)10(13)6-8/h2-3,6,16H,4-5,7H2,1H3,(H2,14,19)(H,15,17). The Hall–Kier alpha value is -1.37. The van der Waals surface area contributed by atoms with Crippen molar-refractivity contribution in [2.45, 2.75) is 0 Å².